The van der Waals surface area contributed by atoms with Gasteiger partial charge in [-0.25, -0.2) is 0 Å². The second kappa shape index (κ2) is 6.38. The monoisotopic (exact) mass is 344 g/mol. The van der Waals surface area contributed by atoms with Crippen molar-refractivity contribution in [2.24, 2.45) is 0 Å². The Morgan fingerprint density at radius 2 is 1.88 bits per heavy atom. The topological polar surface area (TPSA) is 42.0 Å². The molecule has 0 saturated carbocycles. The van der Waals surface area contributed by atoms with Crippen molar-refractivity contribution < 1.29 is 14.3 Å². The van der Waals surface area contributed by atoms with Crippen molar-refractivity contribution in [2.45, 2.75) is 45.3 Å². The molecule has 3 aliphatic heterocycles. The minimum atomic E-state index is -0.193. The Hall–Kier alpha value is -1.43. The van der Waals surface area contributed by atoms with Gasteiger partial charge in [-0.3, -0.25) is 9.69 Å². The smallest absolute Gasteiger partial charge is 0.244 e. The molecule has 5 heteroatoms. The molecular formula is C20H28N2O3. The molecule has 0 aliphatic carbocycles. The molecule has 4 rings (SSSR count). The molecule has 0 N–H and O–H groups in total. The number of aryl methyl sites for hydroxylation is 3. The number of rotatable bonds is 2. The van der Waals surface area contributed by atoms with Gasteiger partial charge in [-0.1, -0.05) is 17.7 Å². The van der Waals surface area contributed by atoms with E-state index < -0.39 is 0 Å². The Morgan fingerprint density at radius 1 is 1.12 bits per heavy atom. The summed E-state index contributed by atoms with van der Waals surface area (Å²) in [5.41, 5.74) is 4.54. The molecule has 0 aromatic heterocycles. The fraction of sp³-hybridized carbons (Fsp3) is 0.650. The third-order valence-corrected chi connectivity index (χ3v) is 5.87. The van der Waals surface area contributed by atoms with Crippen LogP contribution in [-0.2, 0) is 14.3 Å². The molecule has 25 heavy (non-hydrogen) atoms. The summed E-state index contributed by atoms with van der Waals surface area (Å²) in [5, 5.41) is 0. The van der Waals surface area contributed by atoms with Crippen LogP contribution in [0.1, 0.15) is 29.5 Å². The SMILES string of the molecule is Cc1cc(C)c(N2CC[C@@H](N3CCO[C@@]4(CCOC4)C3)C2=O)c(C)c1. The first kappa shape index (κ1) is 17.0. The van der Waals surface area contributed by atoms with Crippen LogP contribution in [0.25, 0.3) is 0 Å². The molecule has 0 unspecified atom stereocenters. The van der Waals surface area contributed by atoms with Crippen molar-refractivity contribution in [3.63, 3.8) is 0 Å². The molecule has 1 spiro atoms. The zero-order chi connectivity index (χ0) is 17.6. The lowest BCUT2D eigenvalue weighted by Crippen LogP contribution is -2.57. The molecule has 3 fully saturated rings. The van der Waals surface area contributed by atoms with Crippen LogP contribution >= 0.6 is 0 Å². The van der Waals surface area contributed by atoms with E-state index in [9.17, 15) is 4.79 Å². The highest BCUT2D eigenvalue weighted by Gasteiger charge is 2.45. The van der Waals surface area contributed by atoms with E-state index in [1.165, 1.54) is 16.7 Å². The maximum absolute atomic E-state index is 13.2. The minimum Gasteiger partial charge on any atom is -0.378 e. The van der Waals surface area contributed by atoms with Crippen molar-refractivity contribution >= 4 is 11.6 Å². The Bertz CT molecular complexity index is 659. The van der Waals surface area contributed by atoms with Gasteiger partial charge in [-0.15, -0.1) is 0 Å². The molecule has 3 heterocycles. The van der Waals surface area contributed by atoms with E-state index in [4.69, 9.17) is 9.47 Å². The summed E-state index contributed by atoms with van der Waals surface area (Å²) in [6.07, 6.45) is 1.83. The average Bonchev–Trinajstić information content (AvgIpc) is 3.14. The van der Waals surface area contributed by atoms with Gasteiger partial charge in [0.15, 0.2) is 0 Å². The molecule has 1 aromatic rings. The third kappa shape index (κ3) is 2.98. The lowest BCUT2D eigenvalue weighted by atomic mass is 9.99. The standard InChI is InChI=1S/C20H28N2O3/c1-14-10-15(2)18(16(3)11-14)22-6-4-17(19(22)23)21-7-9-25-20(12-21)5-8-24-13-20/h10-11,17H,4-9,12-13H2,1-3H3/t17-,20+/m1/s1. The van der Waals surface area contributed by atoms with Gasteiger partial charge in [0, 0.05) is 38.3 Å². The zero-order valence-corrected chi connectivity index (χ0v) is 15.5. The number of benzene rings is 1. The maximum Gasteiger partial charge on any atom is 0.244 e. The number of morpholine rings is 1. The van der Waals surface area contributed by atoms with E-state index in [1.54, 1.807) is 0 Å². The van der Waals surface area contributed by atoms with E-state index in [0.29, 0.717) is 13.2 Å². The lowest BCUT2D eigenvalue weighted by Gasteiger charge is -2.41. The number of hydrogen-bond acceptors (Lipinski definition) is 4. The van der Waals surface area contributed by atoms with Crippen LogP contribution in [0.3, 0.4) is 0 Å². The first-order chi connectivity index (χ1) is 12.0. The summed E-state index contributed by atoms with van der Waals surface area (Å²) >= 11 is 0. The quantitative estimate of drug-likeness (QED) is 0.825. The summed E-state index contributed by atoms with van der Waals surface area (Å²) in [6.45, 7) is 10.9. The number of ether oxygens (including phenoxy) is 2. The van der Waals surface area contributed by atoms with Crippen LogP contribution in [-0.4, -0.2) is 61.9 Å². The Balaban J connectivity index is 1.54. The van der Waals surface area contributed by atoms with Gasteiger partial charge in [0.05, 0.1) is 19.3 Å². The van der Waals surface area contributed by atoms with Crippen LogP contribution in [0.5, 0.6) is 0 Å². The molecule has 1 amide bonds. The van der Waals surface area contributed by atoms with Gasteiger partial charge < -0.3 is 14.4 Å². The highest BCUT2D eigenvalue weighted by molar-refractivity contribution is 6.00. The van der Waals surface area contributed by atoms with Gasteiger partial charge in [0.2, 0.25) is 5.91 Å². The first-order valence-electron chi connectivity index (χ1n) is 9.34. The Kier molecular flexibility index (Phi) is 4.34. The second-order valence-electron chi connectivity index (χ2n) is 7.85. The fourth-order valence-corrected chi connectivity index (χ4v) is 4.79. The molecule has 136 valence electrons. The number of anilines is 1. The number of amides is 1. The first-order valence-corrected chi connectivity index (χ1v) is 9.34. The summed E-state index contributed by atoms with van der Waals surface area (Å²) in [5.74, 6) is 0.242. The molecule has 1 aromatic carbocycles. The van der Waals surface area contributed by atoms with Crippen LogP contribution in [0.15, 0.2) is 12.1 Å². The van der Waals surface area contributed by atoms with E-state index in [1.807, 2.05) is 4.90 Å². The normalized spacial score (nSPS) is 30.6. The second-order valence-corrected chi connectivity index (χ2v) is 7.85. The van der Waals surface area contributed by atoms with Crippen LogP contribution < -0.4 is 4.90 Å². The molecular weight excluding hydrogens is 316 g/mol. The van der Waals surface area contributed by atoms with E-state index in [-0.39, 0.29) is 17.6 Å². The van der Waals surface area contributed by atoms with Gasteiger partial charge in [0.1, 0.15) is 5.60 Å². The molecule has 0 bridgehead atoms. The number of carbonyl (C=O) groups is 1. The van der Waals surface area contributed by atoms with Gasteiger partial charge in [-0.2, -0.15) is 0 Å². The highest BCUT2D eigenvalue weighted by atomic mass is 16.6. The van der Waals surface area contributed by atoms with Gasteiger partial charge >= 0.3 is 0 Å². The van der Waals surface area contributed by atoms with Crippen molar-refractivity contribution in [1.29, 1.82) is 0 Å². The summed E-state index contributed by atoms with van der Waals surface area (Å²) in [4.78, 5) is 17.5. The molecule has 0 radical (unpaired) electrons. The third-order valence-electron chi connectivity index (χ3n) is 5.87. The Morgan fingerprint density at radius 3 is 2.56 bits per heavy atom. The van der Waals surface area contributed by atoms with E-state index in [0.717, 1.165) is 44.8 Å². The molecule has 3 saturated heterocycles. The van der Waals surface area contributed by atoms with Crippen molar-refractivity contribution in [2.75, 3.05) is 44.4 Å². The van der Waals surface area contributed by atoms with Gasteiger partial charge in [0.25, 0.3) is 0 Å². The highest BCUT2D eigenvalue weighted by Crippen LogP contribution is 2.34. The molecule has 2 atom stereocenters. The van der Waals surface area contributed by atoms with Crippen LogP contribution in [0.2, 0.25) is 0 Å². The van der Waals surface area contributed by atoms with Gasteiger partial charge in [-0.05, 0) is 38.3 Å². The average molecular weight is 344 g/mol. The Labute approximate surface area is 149 Å². The van der Waals surface area contributed by atoms with Crippen molar-refractivity contribution in [1.82, 2.24) is 4.90 Å². The predicted molar refractivity (Wildman–Crippen MR) is 97.1 cm³/mol. The fourth-order valence-electron chi connectivity index (χ4n) is 4.79. The molecule has 5 nitrogen and oxygen atoms in total. The minimum absolute atomic E-state index is 0.0264. The van der Waals surface area contributed by atoms with Crippen molar-refractivity contribution in [3.05, 3.63) is 28.8 Å². The number of nitrogens with zero attached hydrogens (tertiary/aromatic N) is 2. The number of carbonyl (C=O) groups excluding carboxylic acids is 1. The van der Waals surface area contributed by atoms with E-state index in [2.05, 4.69) is 37.8 Å². The van der Waals surface area contributed by atoms with Crippen LogP contribution in [0.4, 0.5) is 5.69 Å². The number of hydrogen-bond donors (Lipinski definition) is 0. The van der Waals surface area contributed by atoms with Crippen molar-refractivity contribution in [3.8, 4) is 0 Å². The van der Waals surface area contributed by atoms with E-state index >= 15 is 0 Å². The predicted octanol–water partition coefficient (Wildman–Crippen LogP) is 2.21. The van der Waals surface area contributed by atoms with Crippen LogP contribution in [0, 0.1) is 20.8 Å². The summed E-state index contributed by atoms with van der Waals surface area (Å²) in [6, 6.07) is 4.31. The molecule has 3 aliphatic rings. The summed E-state index contributed by atoms with van der Waals surface area (Å²) in [7, 11) is 0. The largest absolute Gasteiger partial charge is 0.378 e. The lowest BCUT2D eigenvalue weighted by molar-refractivity contribution is -0.135. The summed E-state index contributed by atoms with van der Waals surface area (Å²) < 4.78 is 11.6. The zero-order valence-electron chi connectivity index (χ0n) is 15.5. The maximum atomic E-state index is 13.2.